The monoisotopic (exact) mass is 363 g/mol. The lowest BCUT2D eigenvalue weighted by atomic mass is 10.2. The van der Waals surface area contributed by atoms with Crippen molar-refractivity contribution in [2.24, 2.45) is 0 Å². The molecule has 132 valence electrons. The van der Waals surface area contributed by atoms with Gasteiger partial charge in [-0.05, 0) is 18.2 Å². The minimum atomic E-state index is -0.776. The Kier molecular flexibility index (Phi) is 5.06. The van der Waals surface area contributed by atoms with Crippen molar-refractivity contribution < 1.29 is 19.3 Å². The quantitative estimate of drug-likeness (QED) is 0.453. The molecule has 1 N–H and O–H groups in total. The normalized spacial score (nSPS) is 19.1. The van der Waals surface area contributed by atoms with E-state index in [1.165, 1.54) is 6.08 Å². The maximum absolute atomic E-state index is 12.2. The number of piperazine rings is 1. The van der Waals surface area contributed by atoms with Gasteiger partial charge in [0.1, 0.15) is 0 Å². The molecule has 0 aromatic heterocycles. The highest BCUT2D eigenvalue weighted by Crippen LogP contribution is 2.19. The first-order chi connectivity index (χ1) is 12.0. The molecule has 2 saturated heterocycles. The van der Waals surface area contributed by atoms with Gasteiger partial charge >= 0.3 is 17.8 Å². The molecule has 2 aliphatic heterocycles. The van der Waals surface area contributed by atoms with Gasteiger partial charge in [-0.25, -0.2) is 9.69 Å². The summed E-state index contributed by atoms with van der Waals surface area (Å²) >= 11 is 6.03. The molecule has 2 fully saturated rings. The lowest BCUT2D eigenvalue weighted by molar-refractivity contribution is -0.907. The Morgan fingerprint density at radius 1 is 1.12 bits per heavy atom. The number of hydrogen-bond acceptors (Lipinski definition) is 4. The van der Waals surface area contributed by atoms with E-state index >= 15 is 0 Å². The third-order valence-corrected chi connectivity index (χ3v) is 4.71. The largest absolute Gasteiger partial charge is 0.360 e. The topological polar surface area (TPSA) is 65.4 Å². The van der Waals surface area contributed by atoms with Crippen LogP contribution >= 0.6 is 11.6 Å². The van der Waals surface area contributed by atoms with E-state index in [1.807, 2.05) is 24.3 Å². The fourth-order valence-electron chi connectivity index (χ4n) is 3.12. The Morgan fingerprint density at radius 2 is 1.80 bits per heavy atom. The van der Waals surface area contributed by atoms with Gasteiger partial charge in [0.15, 0.2) is 6.67 Å². The molecule has 7 nitrogen and oxygen atoms in total. The second-order valence-corrected chi connectivity index (χ2v) is 6.53. The Hall–Kier alpha value is -2.38. The summed E-state index contributed by atoms with van der Waals surface area (Å²) in [6, 6.07) is 7.13. The first-order valence-electron chi connectivity index (χ1n) is 8.13. The van der Waals surface area contributed by atoms with E-state index in [9.17, 15) is 14.4 Å². The van der Waals surface area contributed by atoms with Crippen LogP contribution in [0.1, 0.15) is 0 Å². The minimum Gasteiger partial charge on any atom is -0.360 e. The Balaban J connectivity index is 1.59. The molecule has 0 bridgehead atoms. The number of hydrogen-bond donors (Lipinski definition) is 1. The van der Waals surface area contributed by atoms with Crippen molar-refractivity contribution in [3.05, 3.63) is 41.9 Å². The molecule has 2 aliphatic rings. The predicted molar refractivity (Wildman–Crippen MR) is 93.4 cm³/mol. The molecule has 0 saturated carbocycles. The number of nitrogens with zero attached hydrogens (tertiary/aromatic N) is 3. The zero-order chi connectivity index (χ0) is 18.0. The zero-order valence-corrected chi connectivity index (χ0v) is 14.5. The summed E-state index contributed by atoms with van der Waals surface area (Å²) in [6.45, 7) is 6.87. The third kappa shape index (κ3) is 3.52. The van der Waals surface area contributed by atoms with Crippen LogP contribution in [0, 0.1) is 0 Å². The van der Waals surface area contributed by atoms with Gasteiger partial charge in [-0.3, -0.25) is 14.5 Å². The number of anilines is 1. The Bertz CT molecular complexity index is 716. The number of imide groups is 2. The number of rotatable bonds is 5. The molecule has 1 aromatic rings. The first kappa shape index (κ1) is 17.4. The maximum Gasteiger partial charge on any atom is 0.339 e. The summed E-state index contributed by atoms with van der Waals surface area (Å²) in [5.74, 6) is -1.53. The van der Waals surface area contributed by atoms with Gasteiger partial charge in [0.25, 0.3) is 0 Å². The lowest BCUT2D eigenvalue weighted by Gasteiger charge is -2.34. The van der Waals surface area contributed by atoms with Gasteiger partial charge in [0, 0.05) is 17.3 Å². The van der Waals surface area contributed by atoms with E-state index in [2.05, 4.69) is 11.5 Å². The van der Waals surface area contributed by atoms with Crippen molar-refractivity contribution in [2.75, 3.05) is 44.3 Å². The Morgan fingerprint density at radius 3 is 2.44 bits per heavy atom. The van der Waals surface area contributed by atoms with Crippen LogP contribution in [0.3, 0.4) is 0 Å². The molecule has 3 rings (SSSR count). The van der Waals surface area contributed by atoms with Crippen LogP contribution in [-0.4, -0.2) is 67.0 Å². The van der Waals surface area contributed by atoms with E-state index in [0.717, 1.165) is 46.6 Å². The molecule has 0 radical (unpaired) electrons. The first-order valence-corrected chi connectivity index (χ1v) is 8.51. The average Bonchev–Trinajstić information content (AvgIpc) is 2.81. The molecular formula is C17H20ClN4O3+. The van der Waals surface area contributed by atoms with Crippen LogP contribution in [0.4, 0.5) is 10.5 Å². The maximum atomic E-state index is 12.2. The van der Waals surface area contributed by atoms with Gasteiger partial charge in [0.05, 0.1) is 26.2 Å². The second kappa shape index (κ2) is 7.25. The molecule has 0 unspecified atom stereocenters. The molecule has 0 atom stereocenters. The molecule has 8 heteroatoms. The second-order valence-electron chi connectivity index (χ2n) is 6.10. The molecule has 0 spiro atoms. The zero-order valence-electron chi connectivity index (χ0n) is 13.8. The highest BCUT2D eigenvalue weighted by atomic mass is 35.5. The van der Waals surface area contributed by atoms with Crippen LogP contribution in [0.5, 0.6) is 0 Å². The Labute approximate surface area is 151 Å². The number of urea groups is 1. The number of carbonyl (C=O) groups excluding carboxylic acids is 3. The third-order valence-electron chi connectivity index (χ3n) is 4.47. The van der Waals surface area contributed by atoms with E-state index in [0.29, 0.717) is 5.02 Å². The van der Waals surface area contributed by atoms with Gasteiger partial charge in [-0.2, -0.15) is 0 Å². The van der Waals surface area contributed by atoms with E-state index in [-0.39, 0.29) is 13.2 Å². The van der Waals surface area contributed by atoms with Crippen molar-refractivity contribution >= 4 is 35.1 Å². The number of halogens is 1. The smallest absolute Gasteiger partial charge is 0.339 e. The van der Waals surface area contributed by atoms with Gasteiger partial charge in [0.2, 0.25) is 0 Å². The summed E-state index contributed by atoms with van der Waals surface area (Å²) in [4.78, 5) is 41.4. The fourth-order valence-corrected chi connectivity index (χ4v) is 3.30. The van der Waals surface area contributed by atoms with Crippen molar-refractivity contribution in [3.8, 4) is 0 Å². The van der Waals surface area contributed by atoms with Crippen LogP contribution in [0.15, 0.2) is 36.9 Å². The highest BCUT2D eigenvalue weighted by Gasteiger charge is 2.45. The van der Waals surface area contributed by atoms with Crippen LogP contribution in [0.25, 0.3) is 0 Å². The number of amides is 4. The van der Waals surface area contributed by atoms with E-state index < -0.39 is 17.8 Å². The summed E-state index contributed by atoms with van der Waals surface area (Å²) in [6.07, 6.45) is 1.43. The molecule has 0 aliphatic carbocycles. The highest BCUT2D eigenvalue weighted by molar-refractivity contribution is 6.44. The van der Waals surface area contributed by atoms with Gasteiger partial charge in [-0.15, -0.1) is 6.58 Å². The SMILES string of the molecule is C=CCN1C(=O)C(=O)N(C[NH+]2CCN(c3cccc(Cl)c3)CC2)C1=O. The molecule has 25 heavy (non-hydrogen) atoms. The summed E-state index contributed by atoms with van der Waals surface area (Å²) in [7, 11) is 0. The van der Waals surface area contributed by atoms with Crippen molar-refractivity contribution in [1.29, 1.82) is 0 Å². The minimum absolute atomic E-state index is 0.0534. The number of benzene rings is 1. The van der Waals surface area contributed by atoms with Crippen molar-refractivity contribution in [1.82, 2.24) is 9.80 Å². The van der Waals surface area contributed by atoms with Gasteiger partial charge < -0.3 is 9.80 Å². The van der Waals surface area contributed by atoms with Crippen molar-refractivity contribution in [3.63, 3.8) is 0 Å². The molecular weight excluding hydrogens is 344 g/mol. The average molecular weight is 364 g/mol. The van der Waals surface area contributed by atoms with Gasteiger partial charge in [-0.1, -0.05) is 23.7 Å². The summed E-state index contributed by atoms with van der Waals surface area (Å²) < 4.78 is 0. The lowest BCUT2D eigenvalue weighted by Crippen LogP contribution is -3.16. The van der Waals surface area contributed by atoms with Crippen LogP contribution in [0.2, 0.25) is 5.02 Å². The molecule has 4 amide bonds. The summed E-state index contributed by atoms with van der Waals surface area (Å²) in [5.41, 5.74) is 1.06. The van der Waals surface area contributed by atoms with E-state index in [1.54, 1.807) is 0 Å². The van der Waals surface area contributed by atoms with Crippen LogP contribution < -0.4 is 9.80 Å². The number of carbonyl (C=O) groups is 3. The predicted octanol–water partition coefficient (Wildman–Crippen LogP) is -0.0208. The number of nitrogens with one attached hydrogen (secondary N) is 1. The standard InChI is InChI=1S/C17H19ClN4O3/c1-2-6-21-15(23)16(24)22(17(21)25)12-19-7-9-20(10-8-19)14-5-3-4-13(18)11-14/h2-5,11H,1,6-10,12H2/p+1. The molecule has 1 aromatic carbocycles. The fraction of sp³-hybridized carbons (Fsp3) is 0.353. The van der Waals surface area contributed by atoms with Crippen molar-refractivity contribution in [2.45, 2.75) is 0 Å². The molecule has 2 heterocycles. The van der Waals surface area contributed by atoms with Crippen LogP contribution in [-0.2, 0) is 9.59 Å². The summed E-state index contributed by atoms with van der Waals surface area (Å²) in [5, 5.41) is 0.696. The number of quaternary nitrogens is 1. The van der Waals surface area contributed by atoms with E-state index in [4.69, 9.17) is 11.6 Å².